The second kappa shape index (κ2) is 10.2. The molecule has 1 fully saturated rings. The second-order valence-corrected chi connectivity index (χ2v) is 8.02. The Kier molecular flexibility index (Phi) is 6.93. The van der Waals surface area contributed by atoms with Gasteiger partial charge >= 0.3 is 0 Å². The molecule has 1 aliphatic heterocycles. The molecule has 6 heteroatoms. The van der Waals surface area contributed by atoms with Crippen LogP contribution < -0.4 is 9.47 Å². The third kappa shape index (κ3) is 5.34. The molecule has 1 saturated heterocycles. The zero-order valence-electron chi connectivity index (χ0n) is 19.0. The molecule has 0 radical (unpaired) electrons. The van der Waals surface area contributed by atoms with Crippen LogP contribution in [0.2, 0.25) is 0 Å². The Morgan fingerprint density at radius 3 is 2.48 bits per heavy atom. The van der Waals surface area contributed by atoms with Crippen LogP contribution in [0.1, 0.15) is 17.5 Å². The van der Waals surface area contributed by atoms with Gasteiger partial charge in [-0.25, -0.2) is 0 Å². The second-order valence-electron chi connectivity index (χ2n) is 8.02. The van der Waals surface area contributed by atoms with Crippen LogP contribution >= 0.6 is 0 Å². The predicted molar refractivity (Wildman–Crippen MR) is 129 cm³/mol. The van der Waals surface area contributed by atoms with Crippen molar-refractivity contribution < 1.29 is 19.1 Å². The zero-order valence-corrected chi connectivity index (χ0v) is 19.0. The average Bonchev–Trinajstić information content (AvgIpc) is 3.03. The Hall–Kier alpha value is -3.80. The van der Waals surface area contributed by atoms with Crippen LogP contribution in [0.25, 0.3) is 16.8 Å². The number of rotatable bonds is 6. The summed E-state index contributed by atoms with van der Waals surface area (Å²) in [6.07, 6.45) is 3.62. The van der Waals surface area contributed by atoms with Gasteiger partial charge < -0.3 is 19.3 Å². The van der Waals surface area contributed by atoms with E-state index in [-0.39, 0.29) is 11.8 Å². The molecule has 0 unspecified atom stereocenters. The molecular weight excluding hydrogens is 416 g/mol. The van der Waals surface area contributed by atoms with Crippen molar-refractivity contribution in [2.45, 2.75) is 13.0 Å². The smallest absolute Gasteiger partial charge is 0.246 e. The summed E-state index contributed by atoms with van der Waals surface area (Å²) in [4.78, 5) is 29.1. The van der Waals surface area contributed by atoms with E-state index in [4.69, 9.17) is 9.47 Å². The van der Waals surface area contributed by atoms with Gasteiger partial charge in [-0.15, -0.1) is 0 Å². The minimum atomic E-state index is -0.106. The van der Waals surface area contributed by atoms with E-state index >= 15 is 0 Å². The molecular formula is C27H28N2O4. The van der Waals surface area contributed by atoms with Gasteiger partial charge in [0.25, 0.3) is 0 Å². The molecule has 4 rings (SSSR count). The number of ether oxygens (including phenoxy) is 2. The van der Waals surface area contributed by atoms with Crippen molar-refractivity contribution in [2.24, 2.45) is 0 Å². The fraction of sp³-hybridized carbons (Fsp3) is 0.259. The fourth-order valence-electron chi connectivity index (χ4n) is 4.04. The lowest BCUT2D eigenvalue weighted by Gasteiger charge is -2.22. The van der Waals surface area contributed by atoms with Gasteiger partial charge in [-0.3, -0.25) is 9.59 Å². The number of methoxy groups -OCH3 is 2. The number of hydrogen-bond acceptors (Lipinski definition) is 4. The monoisotopic (exact) mass is 444 g/mol. The lowest BCUT2D eigenvalue weighted by Crippen LogP contribution is -2.34. The molecule has 0 aromatic heterocycles. The molecule has 0 aliphatic carbocycles. The number of fused-ring (bicyclic) bond motifs is 1. The van der Waals surface area contributed by atoms with E-state index in [2.05, 4.69) is 30.3 Å². The van der Waals surface area contributed by atoms with Crippen LogP contribution in [0.3, 0.4) is 0 Å². The van der Waals surface area contributed by atoms with Crippen LogP contribution in [0.4, 0.5) is 0 Å². The van der Waals surface area contributed by atoms with Crippen LogP contribution in [0.15, 0.2) is 66.7 Å². The topological polar surface area (TPSA) is 59.1 Å². The minimum Gasteiger partial charge on any atom is -0.493 e. The lowest BCUT2D eigenvalue weighted by molar-refractivity contribution is -0.130. The first-order valence-electron chi connectivity index (χ1n) is 11.0. The molecule has 3 aromatic carbocycles. The maximum Gasteiger partial charge on any atom is 0.246 e. The average molecular weight is 445 g/mol. The van der Waals surface area contributed by atoms with E-state index in [1.54, 1.807) is 37.3 Å². The Labute approximate surface area is 194 Å². The molecule has 0 spiro atoms. The molecule has 0 bridgehead atoms. The van der Waals surface area contributed by atoms with Crippen molar-refractivity contribution >= 4 is 28.7 Å². The number of carbonyl (C=O) groups is 2. The van der Waals surface area contributed by atoms with Gasteiger partial charge in [-0.05, 0) is 46.2 Å². The van der Waals surface area contributed by atoms with E-state index in [0.717, 1.165) is 16.5 Å². The van der Waals surface area contributed by atoms with Crippen LogP contribution in [-0.4, -0.2) is 55.5 Å². The molecule has 0 saturated carbocycles. The highest BCUT2D eigenvalue weighted by Crippen LogP contribution is 2.28. The minimum absolute atomic E-state index is 0.0716. The molecule has 1 heterocycles. The molecule has 3 aromatic rings. The van der Waals surface area contributed by atoms with E-state index < -0.39 is 0 Å². The molecule has 1 aliphatic rings. The SMILES string of the molecule is COc1ccc(C=CC(=O)N2CCC(=O)N(Cc3ccc4ccccc4c3)CC2)cc1OC. The third-order valence-electron chi connectivity index (χ3n) is 5.91. The van der Waals surface area contributed by atoms with E-state index in [9.17, 15) is 9.59 Å². The number of hydrogen-bond donors (Lipinski definition) is 0. The first-order valence-corrected chi connectivity index (χ1v) is 11.0. The number of amides is 2. The largest absolute Gasteiger partial charge is 0.493 e. The standard InChI is InChI=1S/C27H28N2O4/c1-32-24-11-8-20(18-25(24)33-2)9-12-26(30)28-14-13-27(31)29(16-15-28)19-21-7-10-22-5-3-4-6-23(22)17-21/h3-12,17-18H,13-16,19H2,1-2H3. The van der Waals surface area contributed by atoms with Gasteiger partial charge in [-0.2, -0.15) is 0 Å². The Balaban J connectivity index is 1.39. The maximum absolute atomic E-state index is 12.8. The normalized spacial score (nSPS) is 14.5. The van der Waals surface area contributed by atoms with Gasteiger partial charge in [0.1, 0.15) is 0 Å². The predicted octanol–water partition coefficient (Wildman–Crippen LogP) is 4.13. The molecule has 0 atom stereocenters. The summed E-state index contributed by atoms with van der Waals surface area (Å²) in [6.45, 7) is 1.99. The summed E-state index contributed by atoms with van der Waals surface area (Å²) in [5.41, 5.74) is 1.93. The van der Waals surface area contributed by atoms with Crippen molar-refractivity contribution in [3.8, 4) is 11.5 Å². The fourth-order valence-corrected chi connectivity index (χ4v) is 4.04. The first kappa shape index (κ1) is 22.4. The number of nitrogens with zero attached hydrogens (tertiary/aromatic N) is 2. The Morgan fingerprint density at radius 2 is 1.70 bits per heavy atom. The molecule has 33 heavy (non-hydrogen) atoms. The summed E-state index contributed by atoms with van der Waals surface area (Å²) in [6, 6.07) is 20.0. The van der Waals surface area contributed by atoms with Gasteiger partial charge in [0.05, 0.1) is 14.2 Å². The summed E-state index contributed by atoms with van der Waals surface area (Å²) >= 11 is 0. The van der Waals surface area contributed by atoms with Gasteiger partial charge in [0, 0.05) is 38.7 Å². The van der Waals surface area contributed by atoms with Crippen molar-refractivity contribution in [2.75, 3.05) is 33.9 Å². The quantitative estimate of drug-likeness (QED) is 0.537. The zero-order chi connectivity index (χ0) is 23.2. The first-order chi connectivity index (χ1) is 16.1. The highest BCUT2D eigenvalue weighted by Gasteiger charge is 2.23. The van der Waals surface area contributed by atoms with Crippen molar-refractivity contribution in [1.82, 2.24) is 9.80 Å². The molecule has 6 nitrogen and oxygen atoms in total. The number of carbonyl (C=O) groups excluding carboxylic acids is 2. The summed E-state index contributed by atoms with van der Waals surface area (Å²) in [5, 5.41) is 2.34. The summed E-state index contributed by atoms with van der Waals surface area (Å²) < 4.78 is 10.6. The van der Waals surface area contributed by atoms with Crippen LogP contribution in [0.5, 0.6) is 11.5 Å². The summed E-state index contributed by atoms with van der Waals surface area (Å²) in [7, 11) is 3.16. The van der Waals surface area contributed by atoms with Crippen LogP contribution in [0, 0.1) is 0 Å². The van der Waals surface area contributed by atoms with E-state index in [1.165, 1.54) is 5.39 Å². The van der Waals surface area contributed by atoms with E-state index in [1.807, 2.05) is 29.2 Å². The maximum atomic E-state index is 12.8. The van der Waals surface area contributed by atoms with Crippen LogP contribution in [-0.2, 0) is 16.1 Å². The highest BCUT2D eigenvalue weighted by molar-refractivity contribution is 5.92. The van der Waals surface area contributed by atoms with E-state index in [0.29, 0.717) is 44.1 Å². The van der Waals surface area contributed by atoms with Gasteiger partial charge in [0.15, 0.2) is 11.5 Å². The Morgan fingerprint density at radius 1 is 0.909 bits per heavy atom. The van der Waals surface area contributed by atoms with Crippen molar-refractivity contribution in [1.29, 1.82) is 0 Å². The molecule has 2 amide bonds. The molecule has 170 valence electrons. The summed E-state index contributed by atoms with van der Waals surface area (Å²) in [5.74, 6) is 1.21. The van der Waals surface area contributed by atoms with Crippen molar-refractivity contribution in [3.05, 3.63) is 77.9 Å². The highest BCUT2D eigenvalue weighted by atomic mass is 16.5. The number of benzene rings is 3. The van der Waals surface area contributed by atoms with Gasteiger partial charge in [-0.1, -0.05) is 42.5 Å². The molecule has 0 N–H and O–H groups in total. The van der Waals surface area contributed by atoms with Gasteiger partial charge in [0.2, 0.25) is 11.8 Å². The Bertz CT molecular complexity index is 1190. The van der Waals surface area contributed by atoms with Crippen molar-refractivity contribution in [3.63, 3.8) is 0 Å². The third-order valence-corrected chi connectivity index (χ3v) is 5.91. The lowest BCUT2D eigenvalue weighted by atomic mass is 10.1.